The van der Waals surface area contributed by atoms with Gasteiger partial charge in [-0.25, -0.2) is 0 Å². The molecule has 0 aromatic rings. The van der Waals surface area contributed by atoms with Gasteiger partial charge in [0.2, 0.25) is 0 Å². The lowest BCUT2D eigenvalue weighted by atomic mass is 9.95. The lowest BCUT2D eigenvalue weighted by Gasteiger charge is -2.43. The van der Waals surface area contributed by atoms with Crippen LogP contribution < -0.4 is 0 Å². The lowest BCUT2D eigenvalue weighted by molar-refractivity contribution is -0.140. The standard InChI is InChI=1S/C14H26N2O2/c1-4-10(2)16(9-14(17)18)13-7-11-5-6-12(8-13)15(11)3/h10-13H,4-9H2,1-3H3,(H,17,18). The smallest absolute Gasteiger partial charge is 0.317 e. The second-order valence-corrected chi connectivity index (χ2v) is 6.00. The third-order valence-corrected chi connectivity index (χ3v) is 5.02. The first-order valence-electron chi connectivity index (χ1n) is 7.22. The van der Waals surface area contributed by atoms with Crippen molar-refractivity contribution >= 4 is 5.97 Å². The van der Waals surface area contributed by atoms with Crippen molar-refractivity contribution < 1.29 is 9.90 Å². The first-order valence-corrected chi connectivity index (χ1v) is 7.22. The monoisotopic (exact) mass is 254 g/mol. The average Bonchev–Trinajstić information content (AvgIpc) is 2.56. The van der Waals surface area contributed by atoms with Crippen LogP contribution in [0.1, 0.15) is 46.0 Å². The Morgan fingerprint density at radius 3 is 2.39 bits per heavy atom. The SMILES string of the molecule is CCC(C)N(CC(=O)O)C1CC2CCC(C1)N2C. The van der Waals surface area contributed by atoms with Crippen LogP contribution >= 0.6 is 0 Å². The van der Waals surface area contributed by atoms with Crippen molar-refractivity contribution in [1.29, 1.82) is 0 Å². The minimum atomic E-state index is -0.693. The molecule has 0 spiro atoms. The molecular formula is C14H26N2O2. The van der Waals surface area contributed by atoms with Gasteiger partial charge in [0.1, 0.15) is 0 Å². The Kier molecular flexibility index (Phi) is 4.28. The number of hydrogen-bond acceptors (Lipinski definition) is 3. The summed E-state index contributed by atoms with van der Waals surface area (Å²) >= 11 is 0. The van der Waals surface area contributed by atoms with Crippen molar-refractivity contribution in [2.75, 3.05) is 13.6 Å². The third kappa shape index (κ3) is 2.69. The summed E-state index contributed by atoms with van der Waals surface area (Å²) in [5, 5.41) is 9.11. The number of hydrogen-bond donors (Lipinski definition) is 1. The van der Waals surface area contributed by atoms with Crippen LogP contribution in [0.3, 0.4) is 0 Å². The van der Waals surface area contributed by atoms with E-state index in [9.17, 15) is 4.79 Å². The Hall–Kier alpha value is -0.610. The first kappa shape index (κ1) is 13.8. The summed E-state index contributed by atoms with van der Waals surface area (Å²) in [5.41, 5.74) is 0. The molecule has 4 nitrogen and oxygen atoms in total. The summed E-state index contributed by atoms with van der Waals surface area (Å²) in [6.07, 6.45) is 5.89. The zero-order chi connectivity index (χ0) is 13.3. The minimum Gasteiger partial charge on any atom is -0.480 e. The van der Waals surface area contributed by atoms with E-state index in [1.54, 1.807) is 0 Å². The molecule has 2 bridgehead atoms. The Bertz CT molecular complexity index is 294. The second kappa shape index (κ2) is 5.57. The molecule has 0 saturated carbocycles. The molecule has 3 atom stereocenters. The van der Waals surface area contributed by atoms with E-state index in [1.807, 2.05) is 0 Å². The van der Waals surface area contributed by atoms with Gasteiger partial charge in [-0.1, -0.05) is 6.92 Å². The number of fused-ring (bicyclic) bond motifs is 2. The van der Waals surface area contributed by atoms with Crippen LogP contribution in [-0.4, -0.2) is 58.6 Å². The first-order chi connectivity index (χ1) is 8.52. The van der Waals surface area contributed by atoms with Crippen LogP contribution in [0.4, 0.5) is 0 Å². The van der Waals surface area contributed by atoms with Gasteiger partial charge in [-0.05, 0) is 46.1 Å². The van der Waals surface area contributed by atoms with Gasteiger partial charge >= 0.3 is 5.97 Å². The molecule has 0 aromatic carbocycles. The van der Waals surface area contributed by atoms with E-state index >= 15 is 0 Å². The van der Waals surface area contributed by atoms with E-state index in [0.717, 1.165) is 19.3 Å². The summed E-state index contributed by atoms with van der Waals surface area (Å²) in [5.74, 6) is -0.693. The minimum absolute atomic E-state index is 0.197. The summed E-state index contributed by atoms with van der Waals surface area (Å²) in [7, 11) is 2.23. The topological polar surface area (TPSA) is 43.8 Å². The Morgan fingerprint density at radius 2 is 1.94 bits per heavy atom. The molecule has 104 valence electrons. The number of carboxylic acid groups (broad SMARTS) is 1. The van der Waals surface area contributed by atoms with Gasteiger partial charge in [0.25, 0.3) is 0 Å². The molecule has 2 heterocycles. The van der Waals surface area contributed by atoms with Crippen molar-refractivity contribution in [3.63, 3.8) is 0 Å². The average molecular weight is 254 g/mol. The molecule has 2 saturated heterocycles. The van der Waals surface area contributed by atoms with E-state index in [-0.39, 0.29) is 6.54 Å². The van der Waals surface area contributed by atoms with Gasteiger partial charge in [-0.2, -0.15) is 0 Å². The van der Waals surface area contributed by atoms with Crippen molar-refractivity contribution in [3.8, 4) is 0 Å². The van der Waals surface area contributed by atoms with Gasteiger partial charge in [0, 0.05) is 24.2 Å². The van der Waals surface area contributed by atoms with Crippen LogP contribution in [0.25, 0.3) is 0 Å². The number of piperidine rings is 1. The van der Waals surface area contributed by atoms with Crippen molar-refractivity contribution in [1.82, 2.24) is 9.80 Å². The maximum atomic E-state index is 11.1. The van der Waals surface area contributed by atoms with Gasteiger partial charge in [0.05, 0.1) is 6.54 Å². The van der Waals surface area contributed by atoms with Crippen LogP contribution in [0.15, 0.2) is 0 Å². The van der Waals surface area contributed by atoms with Gasteiger partial charge in [-0.15, -0.1) is 0 Å². The largest absolute Gasteiger partial charge is 0.480 e. The highest BCUT2D eigenvalue weighted by atomic mass is 16.4. The summed E-state index contributed by atoms with van der Waals surface area (Å²) in [6, 6.07) is 2.18. The van der Waals surface area contributed by atoms with Crippen molar-refractivity contribution in [2.24, 2.45) is 0 Å². The number of carbonyl (C=O) groups is 1. The van der Waals surface area contributed by atoms with E-state index in [0.29, 0.717) is 24.2 Å². The molecular weight excluding hydrogens is 228 g/mol. The number of nitrogens with zero attached hydrogens (tertiary/aromatic N) is 2. The molecule has 3 unspecified atom stereocenters. The molecule has 0 amide bonds. The lowest BCUT2D eigenvalue weighted by Crippen LogP contribution is -2.52. The zero-order valence-corrected chi connectivity index (χ0v) is 11.8. The molecule has 2 aliphatic heterocycles. The third-order valence-electron chi connectivity index (χ3n) is 5.02. The number of rotatable bonds is 5. The fourth-order valence-electron chi connectivity index (χ4n) is 3.69. The van der Waals surface area contributed by atoms with Gasteiger partial charge < -0.3 is 10.0 Å². The quantitative estimate of drug-likeness (QED) is 0.812. The van der Waals surface area contributed by atoms with Crippen molar-refractivity contribution in [2.45, 2.75) is 70.1 Å². The zero-order valence-electron chi connectivity index (χ0n) is 11.8. The highest BCUT2D eigenvalue weighted by molar-refractivity contribution is 5.69. The molecule has 1 N–H and O–H groups in total. The molecule has 0 aromatic heterocycles. The highest BCUT2D eigenvalue weighted by Gasteiger charge is 2.41. The Balaban J connectivity index is 2.05. The van der Waals surface area contributed by atoms with Gasteiger partial charge in [0.15, 0.2) is 0 Å². The van der Waals surface area contributed by atoms with Crippen LogP contribution in [0.2, 0.25) is 0 Å². The molecule has 2 aliphatic rings. The van der Waals surface area contributed by atoms with Crippen LogP contribution in [0, 0.1) is 0 Å². The highest BCUT2D eigenvalue weighted by Crippen LogP contribution is 2.36. The fourth-order valence-corrected chi connectivity index (χ4v) is 3.69. The Morgan fingerprint density at radius 1 is 1.39 bits per heavy atom. The fraction of sp³-hybridized carbons (Fsp3) is 0.929. The summed E-state index contributed by atoms with van der Waals surface area (Å²) < 4.78 is 0. The molecule has 0 radical (unpaired) electrons. The normalized spacial score (nSPS) is 33.9. The Labute approximate surface area is 110 Å². The van der Waals surface area contributed by atoms with Crippen molar-refractivity contribution in [3.05, 3.63) is 0 Å². The van der Waals surface area contributed by atoms with E-state index in [1.165, 1.54) is 12.8 Å². The molecule has 18 heavy (non-hydrogen) atoms. The number of carboxylic acids is 1. The molecule has 4 heteroatoms. The second-order valence-electron chi connectivity index (χ2n) is 6.00. The predicted octanol–water partition coefficient (Wildman–Crippen LogP) is 1.80. The predicted molar refractivity (Wildman–Crippen MR) is 71.7 cm³/mol. The van der Waals surface area contributed by atoms with Gasteiger partial charge in [-0.3, -0.25) is 9.69 Å². The molecule has 0 aliphatic carbocycles. The van der Waals surface area contributed by atoms with Crippen LogP contribution in [0.5, 0.6) is 0 Å². The van der Waals surface area contributed by atoms with Crippen LogP contribution in [-0.2, 0) is 4.79 Å². The molecule has 2 fully saturated rings. The summed E-state index contributed by atoms with van der Waals surface area (Å²) in [4.78, 5) is 15.8. The summed E-state index contributed by atoms with van der Waals surface area (Å²) in [6.45, 7) is 4.50. The van der Waals surface area contributed by atoms with E-state index in [4.69, 9.17) is 5.11 Å². The maximum Gasteiger partial charge on any atom is 0.317 e. The van der Waals surface area contributed by atoms with E-state index in [2.05, 4.69) is 30.7 Å². The molecule has 2 rings (SSSR count). The number of aliphatic carboxylic acids is 1. The maximum absolute atomic E-state index is 11.1. The van der Waals surface area contributed by atoms with E-state index < -0.39 is 5.97 Å².